The van der Waals surface area contributed by atoms with E-state index in [1.165, 1.54) is 11.8 Å². The van der Waals surface area contributed by atoms with Gasteiger partial charge in [0.2, 0.25) is 5.91 Å². The Morgan fingerprint density at radius 2 is 2.04 bits per heavy atom. The van der Waals surface area contributed by atoms with Crippen molar-refractivity contribution in [2.45, 2.75) is 52.2 Å². The largest absolute Gasteiger partial charge is 0.369 e. The number of aromatic nitrogens is 4. The van der Waals surface area contributed by atoms with Crippen molar-refractivity contribution in [3.8, 4) is 0 Å². The van der Waals surface area contributed by atoms with Crippen molar-refractivity contribution in [1.29, 1.82) is 0 Å². The summed E-state index contributed by atoms with van der Waals surface area (Å²) in [6, 6.07) is 0. The molecule has 0 saturated heterocycles. The zero-order valence-corrected chi connectivity index (χ0v) is 16.5. The molecule has 0 aromatic carbocycles. The van der Waals surface area contributed by atoms with Gasteiger partial charge in [0.05, 0.1) is 18.1 Å². The smallest absolute Gasteiger partial charge is 0.220 e. The molecule has 2 heterocycles. The predicted octanol–water partition coefficient (Wildman–Crippen LogP) is 2.92. The van der Waals surface area contributed by atoms with E-state index in [4.69, 9.17) is 0 Å². The SMILES string of the molecule is CCCNc1nc(SC)nc2c1cnn2CCNC(=O)CC(C)(C)C. The van der Waals surface area contributed by atoms with E-state index < -0.39 is 0 Å². The van der Waals surface area contributed by atoms with Crippen molar-refractivity contribution in [2.24, 2.45) is 5.41 Å². The van der Waals surface area contributed by atoms with Crippen molar-refractivity contribution in [2.75, 3.05) is 24.7 Å². The molecule has 0 saturated carbocycles. The highest BCUT2D eigenvalue weighted by Crippen LogP contribution is 2.23. The van der Waals surface area contributed by atoms with Crippen LogP contribution in [-0.2, 0) is 11.3 Å². The lowest BCUT2D eigenvalue weighted by Crippen LogP contribution is -2.30. The molecule has 0 aliphatic rings. The number of fused-ring (bicyclic) bond motifs is 1. The van der Waals surface area contributed by atoms with Gasteiger partial charge in [-0.3, -0.25) is 4.79 Å². The molecule has 1 amide bonds. The summed E-state index contributed by atoms with van der Waals surface area (Å²) in [5, 5.41) is 12.3. The summed E-state index contributed by atoms with van der Waals surface area (Å²) >= 11 is 1.51. The number of nitrogens with one attached hydrogen (secondary N) is 2. The maximum atomic E-state index is 11.9. The summed E-state index contributed by atoms with van der Waals surface area (Å²) < 4.78 is 1.82. The fraction of sp³-hybridized carbons (Fsp3) is 0.647. The van der Waals surface area contributed by atoms with Crippen LogP contribution in [-0.4, -0.2) is 45.0 Å². The van der Waals surface area contributed by atoms with Crippen LogP contribution in [0.5, 0.6) is 0 Å². The Bertz CT molecular complexity index is 722. The van der Waals surface area contributed by atoms with E-state index in [1.807, 2.05) is 10.9 Å². The minimum Gasteiger partial charge on any atom is -0.369 e. The monoisotopic (exact) mass is 364 g/mol. The van der Waals surface area contributed by atoms with Crippen LogP contribution < -0.4 is 10.6 Å². The van der Waals surface area contributed by atoms with Gasteiger partial charge in [-0.25, -0.2) is 14.6 Å². The molecule has 2 aromatic heterocycles. The third-order valence-corrected chi connectivity index (χ3v) is 4.09. The Balaban J connectivity index is 2.10. The summed E-state index contributed by atoms with van der Waals surface area (Å²) in [6.07, 6.45) is 5.28. The lowest BCUT2D eigenvalue weighted by Gasteiger charge is -2.17. The molecule has 0 fully saturated rings. The minimum atomic E-state index is -0.0111. The zero-order valence-electron chi connectivity index (χ0n) is 15.7. The first-order valence-corrected chi connectivity index (χ1v) is 9.84. The van der Waals surface area contributed by atoms with Crippen LogP contribution in [0.1, 0.15) is 40.5 Å². The summed E-state index contributed by atoms with van der Waals surface area (Å²) in [5.74, 6) is 0.882. The number of thioether (sulfide) groups is 1. The number of carbonyl (C=O) groups is 1. The predicted molar refractivity (Wildman–Crippen MR) is 103 cm³/mol. The van der Waals surface area contributed by atoms with Crippen LogP contribution in [0.3, 0.4) is 0 Å². The van der Waals surface area contributed by atoms with Crippen LogP contribution in [0.25, 0.3) is 11.0 Å². The number of rotatable bonds is 8. The van der Waals surface area contributed by atoms with Crippen molar-refractivity contribution < 1.29 is 4.79 Å². The fourth-order valence-corrected chi connectivity index (χ4v) is 2.77. The first-order chi connectivity index (χ1) is 11.8. The molecule has 8 heteroatoms. The minimum absolute atomic E-state index is 0.0111. The van der Waals surface area contributed by atoms with Gasteiger partial charge in [-0.15, -0.1) is 0 Å². The number of amides is 1. The van der Waals surface area contributed by atoms with E-state index in [0.717, 1.165) is 29.8 Å². The molecule has 0 atom stereocenters. The second-order valence-corrected chi connectivity index (χ2v) is 7.95. The van der Waals surface area contributed by atoms with Crippen molar-refractivity contribution in [3.05, 3.63) is 6.20 Å². The normalized spacial score (nSPS) is 11.7. The molecule has 0 bridgehead atoms. The first kappa shape index (κ1) is 19.5. The standard InChI is InChI=1S/C17H28N6OS/c1-6-7-19-14-12-11-20-23(15(12)22-16(21-14)25-5)9-8-18-13(24)10-17(2,3)4/h11H,6-10H2,1-5H3,(H,18,24)(H,19,21,22). The van der Waals surface area contributed by atoms with E-state index in [-0.39, 0.29) is 11.3 Å². The molecule has 0 radical (unpaired) electrons. The molecule has 2 rings (SSSR count). The van der Waals surface area contributed by atoms with Gasteiger partial charge < -0.3 is 10.6 Å². The average molecular weight is 365 g/mol. The van der Waals surface area contributed by atoms with Gasteiger partial charge in [-0.1, -0.05) is 39.5 Å². The summed E-state index contributed by atoms with van der Waals surface area (Å²) in [7, 11) is 0. The van der Waals surface area contributed by atoms with Crippen molar-refractivity contribution >= 4 is 34.5 Å². The molecular formula is C17H28N6OS. The summed E-state index contributed by atoms with van der Waals surface area (Å²) in [5.41, 5.74) is 0.783. The Hall–Kier alpha value is -1.83. The Labute approximate surface area is 153 Å². The fourth-order valence-electron chi connectivity index (χ4n) is 2.41. The molecule has 138 valence electrons. The van der Waals surface area contributed by atoms with Gasteiger partial charge in [-0.05, 0) is 18.1 Å². The maximum Gasteiger partial charge on any atom is 0.220 e. The zero-order chi connectivity index (χ0) is 18.4. The highest BCUT2D eigenvalue weighted by atomic mass is 32.2. The molecule has 25 heavy (non-hydrogen) atoms. The first-order valence-electron chi connectivity index (χ1n) is 8.62. The van der Waals surface area contributed by atoms with Crippen LogP contribution in [0.15, 0.2) is 11.4 Å². The number of carbonyl (C=O) groups excluding carboxylic acids is 1. The number of anilines is 1. The molecule has 0 spiro atoms. The second-order valence-electron chi connectivity index (χ2n) is 7.18. The topological polar surface area (TPSA) is 84.7 Å². The second kappa shape index (κ2) is 8.51. The molecule has 0 aliphatic carbocycles. The van der Waals surface area contributed by atoms with Gasteiger partial charge in [-0.2, -0.15) is 5.10 Å². The summed E-state index contributed by atoms with van der Waals surface area (Å²) in [6.45, 7) is 10.2. The van der Waals surface area contributed by atoms with E-state index >= 15 is 0 Å². The number of nitrogens with zero attached hydrogens (tertiary/aromatic N) is 4. The van der Waals surface area contributed by atoms with E-state index in [9.17, 15) is 4.79 Å². The lowest BCUT2D eigenvalue weighted by atomic mass is 9.92. The Morgan fingerprint density at radius 3 is 2.68 bits per heavy atom. The van der Waals surface area contributed by atoms with Gasteiger partial charge in [0.1, 0.15) is 5.82 Å². The third kappa shape index (κ3) is 5.59. The van der Waals surface area contributed by atoms with Crippen molar-refractivity contribution in [3.63, 3.8) is 0 Å². The maximum absolute atomic E-state index is 11.9. The van der Waals surface area contributed by atoms with Gasteiger partial charge in [0, 0.05) is 19.5 Å². The highest BCUT2D eigenvalue weighted by Gasteiger charge is 2.16. The molecule has 2 N–H and O–H groups in total. The van der Waals surface area contributed by atoms with E-state index in [2.05, 4.69) is 53.4 Å². The average Bonchev–Trinajstić information content (AvgIpc) is 2.94. The van der Waals surface area contributed by atoms with Crippen LogP contribution in [0.4, 0.5) is 5.82 Å². The van der Waals surface area contributed by atoms with E-state index in [0.29, 0.717) is 24.7 Å². The highest BCUT2D eigenvalue weighted by molar-refractivity contribution is 7.98. The number of hydrogen-bond donors (Lipinski definition) is 2. The lowest BCUT2D eigenvalue weighted by molar-refractivity contribution is -0.122. The van der Waals surface area contributed by atoms with Crippen LogP contribution in [0.2, 0.25) is 0 Å². The third-order valence-electron chi connectivity index (χ3n) is 3.54. The number of hydrogen-bond acceptors (Lipinski definition) is 6. The van der Waals surface area contributed by atoms with Gasteiger partial charge in [0.15, 0.2) is 10.8 Å². The molecule has 7 nitrogen and oxygen atoms in total. The molecule has 0 unspecified atom stereocenters. The van der Waals surface area contributed by atoms with Gasteiger partial charge >= 0.3 is 0 Å². The Kier molecular flexibility index (Phi) is 6.64. The van der Waals surface area contributed by atoms with Gasteiger partial charge in [0.25, 0.3) is 0 Å². The summed E-state index contributed by atoms with van der Waals surface area (Å²) in [4.78, 5) is 21.1. The molecular weight excluding hydrogens is 336 g/mol. The van der Waals surface area contributed by atoms with E-state index in [1.54, 1.807) is 6.20 Å². The van der Waals surface area contributed by atoms with Crippen LogP contribution >= 0.6 is 11.8 Å². The quantitative estimate of drug-likeness (QED) is 0.553. The molecule has 0 aliphatic heterocycles. The molecule has 2 aromatic rings. The van der Waals surface area contributed by atoms with Crippen molar-refractivity contribution in [1.82, 2.24) is 25.1 Å². The Morgan fingerprint density at radius 1 is 1.28 bits per heavy atom. The van der Waals surface area contributed by atoms with Crippen LogP contribution in [0, 0.1) is 5.41 Å².